The van der Waals surface area contributed by atoms with Gasteiger partial charge in [-0.05, 0) is 42.5 Å². The number of nitrogens with zero attached hydrogens (tertiary/aromatic N) is 4. The van der Waals surface area contributed by atoms with Crippen molar-refractivity contribution in [1.82, 2.24) is 20.0 Å². The molecule has 5 nitrogen and oxygen atoms in total. The van der Waals surface area contributed by atoms with Gasteiger partial charge in [0.1, 0.15) is 5.82 Å². The van der Waals surface area contributed by atoms with Crippen LogP contribution in [0.5, 0.6) is 0 Å². The Labute approximate surface area is 153 Å². The molecule has 1 saturated heterocycles. The van der Waals surface area contributed by atoms with Crippen LogP contribution in [0.3, 0.4) is 0 Å². The quantitative estimate of drug-likeness (QED) is 0.677. The molecule has 2 aliphatic rings. The monoisotopic (exact) mass is 355 g/mol. The van der Waals surface area contributed by atoms with E-state index < -0.39 is 0 Å². The van der Waals surface area contributed by atoms with E-state index in [9.17, 15) is 4.39 Å². The van der Waals surface area contributed by atoms with E-state index in [2.05, 4.69) is 26.5 Å². The molecule has 1 aliphatic carbocycles. The average molecular weight is 355 g/mol. The maximum absolute atomic E-state index is 13.6. The van der Waals surface area contributed by atoms with Crippen LogP contribution in [0.4, 0.5) is 4.39 Å². The van der Waals surface area contributed by atoms with Gasteiger partial charge in [0.05, 0.1) is 6.20 Å². The van der Waals surface area contributed by atoms with Gasteiger partial charge >= 0.3 is 0 Å². The van der Waals surface area contributed by atoms with Crippen LogP contribution in [-0.2, 0) is 12.5 Å². The van der Waals surface area contributed by atoms with E-state index in [0.717, 1.165) is 50.4 Å². The molecule has 1 saturated carbocycles. The zero-order valence-electron chi connectivity index (χ0n) is 15.5. The first-order valence-corrected chi connectivity index (χ1v) is 9.30. The molecule has 0 radical (unpaired) electrons. The molecule has 26 heavy (non-hydrogen) atoms. The summed E-state index contributed by atoms with van der Waals surface area (Å²) in [6.07, 6.45) is 7.37. The Bertz CT molecular complexity index is 808. The van der Waals surface area contributed by atoms with Gasteiger partial charge in [-0.15, -0.1) is 0 Å². The highest BCUT2D eigenvalue weighted by Gasteiger charge is 2.44. The van der Waals surface area contributed by atoms with Gasteiger partial charge in [0.25, 0.3) is 0 Å². The second-order valence-corrected chi connectivity index (χ2v) is 7.57. The van der Waals surface area contributed by atoms with E-state index in [0.29, 0.717) is 5.92 Å². The third-order valence-corrected chi connectivity index (χ3v) is 5.77. The minimum absolute atomic E-state index is 0.0561. The number of guanidine groups is 1. The van der Waals surface area contributed by atoms with E-state index in [1.807, 2.05) is 31.0 Å². The van der Waals surface area contributed by atoms with Crippen LogP contribution < -0.4 is 5.32 Å². The van der Waals surface area contributed by atoms with Gasteiger partial charge in [-0.2, -0.15) is 5.10 Å². The first-order chi connectivity index (χ1) is 12.6. The van der Waals surface area contributed by atoms with Crippen molar-refractivity contribution >= 4 is 5.96 Å². The smallest absolute Gasteiger partial charge is 0.193 e. The van der Waals surface area contributed by atoms with Crippen molar-refractivity contribution in [1.29, 1.82) is 0 Å². The van der Waals surface area contributed by atoms with Crippen LogP contribution in [-0.4, -0.2) is 47.3 Å². The summed E-state index contributed by atoms with van der Waals surface area (Å²) in [6, 6.07) is 7.02. The Balaban J connectivity index is 1.38. The van der Waals surface area contributed by atoms with Crippen molar-refractivity contribution in [2.24, 2.45) is 12.0 Å². The standard InChI is InChI=1S/C20H26FN5/c1-22-19(26-9-6-15(13-26)16-11-24-25(2)12-16)23-14-20(7-8-20)17-4-3-5-18(21)10-17/h3-5,10-12,15H,6-9,13-14H2,1-2H3,(H,22,23). The molecule has 2 aromatic rings. The van der Waals surface area contributed by atoms with Gasteiger partial charge in [0.15, 0.2) is 5.96 Å². The zero-order chi connectivity index (χ0) is 18.1. The van der Waals surface area contributed by atoms with Gasteiger partial charge < -0.3 is 10.2 Å². The van der Waals surface area contributed by atoms with Crippen LogP contribution in [0.15, 0.2) is 41.7 Å². The molecule has 1 aliphatic heterocycles. The number of nitrogens with one attached hydrogen (secondary N) is 1. The number of likely N-dealkylation sites (tertiary alicyclic amines) is 1. The molecule has 138 valence electrons. The molecule has 0 bridgehead atoms. The van der Waals surface area contributed by atoms with Gasteiger partial charge in [0, 0.05) is 51.3 Å². The Morgan fingerprint density at radius 3 is 2.92 bits per heavy atom. The van der Waals surface area contributed by atoms with E-state index in [1.165, 1.54) is 11.6 Å². The molecular formula is C20H26FN5. The highest BCUT2D eigenvalue weighted by atomic mass is 19.1. The van der Waals surface area contributed by atoms with Crippen molar-refractivity contribution in [3.05, 3.63) is 53.6 Å². The number of rotatable bonds is 4. The van der Waals surface area contributed by atoms with Gasteiger partial charge in [-0.25, -0.2) is 4.39 Å². The van der Waals surface area contributed by atoms with Crippen LogP contribution in [0.25, 0.3) is 0 Å². The van der Waals surface area contributed by atoms with Crippen LogP contribution in [0.2, 0.25) is 0 Å². The fourth-order valence-corrected chi connectivity index (χ4v) is 3.99. The highest BCUT2D eigenvalue weighted by molar-refractivity contribution is 5.80. The molecule has 1 aromatic carbocycles. The van der Waals surface area contributed by atoms with Gasteiger partial charge in [-0.3, -0.25) is 9.67 Å². The summed E-state index contributed by atoms with van der Waals surface area (Å²) in [5, 5.41) is 7.83. The van der Waals surface area contributed by atoms with E-state index in [1.54, 1.807) is 12.1 Å². The number of hydrogen-bond donors (Lipinski definition) is 1. The van der Waals surface area contributed by atoms with Gasteiger partial charge in [-0.1, -0.05) is 12.1 Å². The normalized spacial score (nSPS) is 21.9. The summed E-state index contributed by atoms with van der Waals surface area (Å²) in [6.45, 7) is 2.75. The molecule has 2 fully saturated rings. The second-order valence-electron chi connectivity index (χ2n) is 7.57. The number of aromatic nitrogens is 2. The lowest BCUT2D eigenvalue weighted by molar-refractivity contribution is 0.478. The average Bonchev–Trinajstić information content (AvgIpc) is 3.05. The lowest BCUT2D eigenvalue weighted by atomic mass is 9.96. The Hall–Kier alpha value is -2.37. The Morgan fingerprint density at radius 2 is 2.27 bits per heavy atom. The van der Waals surface area contributed by atoms with Gasteiger partial charge in [0.2, 0.25) is 0 Å². The first kappa shape index (κ1) is 17.1. The predicted octanol–water partition coefficient (Wildman–Crippen LogP) is 2.66. The van der Waals surface area contributed by atoms with E-state index in [4.69, 9.17) is 0 Å². The summed E-state index contributed by atoms with van der Waals surface area (Å²) >= 11 is 0. The third kappa shape index (κ3) is 3.32. The van der Waals surface area contributed by atoms with Crippen molar-refractivity contribution in [2.45, 2.75) is 30.6 Å². The summed E-state index contributed by atoms with van der Waals surface area (Å²) in [7, 11) is 3.79. The molecule has 1 unspecified atom stereocenters. The molecule has 1 N–H and O–H groups in total. The first-order valence-electron chi connectivity index (χ1n) is 9.30. The molecular weight excluding hydrogens is 329 g/mol. The summed E-state index contributed by atoms with van der Waals surface area (Å²) in [5.41, 5.74) is 2.44. The van der Waals surface area contributed by atoms with Crippen molar-refractivity contribution in [3.8, 4) is 0 Å². The largest absolute Gasteiger partial charge is 0.355 e. The second kappa shape index (κ2) is 6.74. The molecule has 1 atom stereocenters. The Morgan fingerprint density at radius 1 is 1.42 bits per heavy atom. The Kier molecular flexibility index (Phi) is 4.42. The molecule has 4 rings (SSSR count). The number of aliphatic imine (C=N–C) groups is 1. The number of halogens is 1. The molecule has 1 aromatic heterocycles. The van der Waals surface area contributed by atoms with Crippen LogP contribution in [0, 0.1) is 5.82 Å². The van der Waals surface area contributed by atoms with Crippen LogP contribution >= 0.6 is 0 Å². The summed E-state index contributed by atoms with van der Waals surface area (Å²) in [4.78, 5) is 6.80. The lowest BCUT2D eigenvalue weighted by Crippen LogP contribution is -2.43. The van der Waals surface area contributed by atoms with Crippen LogP contribution in [0.1, 0.15) is 36.3 Å². The topological polar surface area (TPSA) is 45.5 Å². The lowest BCUT2D eigenvalue weighted by Gasteiger charge is -2.24. The minimum atomic E-state index is -0.156. The molecule has 6 heteroatoms. The summed E-state index contributed by atoms with van der Waals surface area (Å²) in [5.74, 6) is 1.29. The molecule has 0 amide bonds. The minimum Gasteiger partial charge on any atom is -0.355 e. The predicted molar refractivity (Wildman–Crippen MR) is 101 cm³/mol. The maximum atomic E-state index is 13.6. The SMILES string of the molecule is CN=C(NCC1(c2cccc(F)c2)CC1)N1CCC(c2cnn(C)c2)C1. The third-order valence-electron chi connectivity index (χ3n) is 5.77. The van der Waals surface area contributed by atoms with E-state index in [-0.39, 0.29) is 11.2 Å². The molecule has 0 spiro atoms. The number of aryl methyl sites for hydroxylation is 1. The van der Waals surface area contributed by atoms with Crippen molar-refractivity contribution in [2.75, 3.05) is 26.7 Å². The fraction of sp³-hybridized carbons (Fsp3) is 0.500. The van der Waals surface area contributed by atoms with Crippen molar-refractivity contribution < 1.29 is 4.39 Å². The van der Waals surface area contributed by atoms with Crippen molar-refractivity contribution in [3.63, 3.8) is 0 Å². The number of benzene rings is 1. The summed E-state index contributed by atoms with van der Waals surface area (Å²) < 4.78 is 15.4. The molecule has 2 heterocycles. The maximum Gasteiger partial charge on any atom is 0.193 e. The van der Waals surface area contributed by atoms with E-state index >= 15 is 0 Å². The zero-order valence-corrected chi connectivity index (χ0v) is 15.5. The fourth-order valence-electron chi connectivity index (χ4n) is 3.99. The number of hydrogen-bond acceptors (Lipinski definition) is 2. The highest BCUT2D eigenvalue weighted by Crippen LogP contribution is 2.47.